The number of sulfonamides is 1. The van der Waals surface area contributed by atoms with Crippen molar-refractivity contribution in [2.24, 2.45) is 5.41 Å². The minimum Gasteiger partial charge on any atom is -0.322 e. The lowest BCUT2D eigenvalue weighted by molar-refractivity contribution is 0.196. The molecule has 0 bridgehead atoms. The fourth-order valence-corrected chi connectivity index (χ4v) is 6.26. The summed E-state index contributed by atoms with van der Waals surface area (Å²) in [5.74, 6) is 0. The normalized spacial score (nSPS) is 20.9. The Morgan fingerprint density at radius 1 is 1.26 bits per heavy atom. The van der Waals surface area contributed by atoms with Crippen molar-refractivity contribution < 1.29 is 13.2 Å². The van der Waals surface area contributed by atoms with Gasteiger partial charge >= 0.3 is 6.03 Å². The average Bonchev–Trinajstić information content (AvgIpc) is 3.57. The summed E-state index contributed by atoms with van der Waals surface area (Å²) in [5, 5.41) is 7.69. The Morgan fingerprint density at radius 3 is 2.82 bits per heavy atom. The smallest absolute Gasteiger partial charge is 0.322 e. The van der Waals surface area contributed by atoms with Crippen LogP contribution in [0.15, 0.2) is 42.2 Å². The highest BCUT2D eigenvalue weighted by Crippen LogP contribution is 2.40. The summed E-state index contributed by atoms with van der Waals surface area (Å²) in [5.41, 5.74) is 2.45. The van der Waals surface area contributed by atoms with Gasteiger partial charge in [-0.2, -0.15) is 9.78 Å². The Labute approximate surface area is 207 Å². The van der Waals surface area contributed by atoms with Gasteiger partial charge in [0.1, 0.15) is 5.01 Å². The molecule has 2 aromatic heterocycles. The van der Waals surface area contributed by atoms with Crippen LogP contribution < -0.4 is 4.72 Å². The molecule has 3 aromatic rings. The molecule has 0 radical (unpaired) electrons. The summed E-state index contributed by atoms with van der Waals surface area (Å²) in [6.07, 6.45) is 7.55. The molecule has 1 atom stereocenters. The Balaban J connectivity index is 1.20. The lowest BCUT2D eigenvalue weighted by Crippen LogP contribution is -2.36. The van der Waals surface area contributed by atoms with Gasteiger partial charge in [0, 0.05) is 53.8 Å². The van der Waals surface area contributed by atoms with Crippen LogP contribution in [0.2, 0.25) is 5.02 Å². The van der Waals surface area contributed by atoms with E-state index < -0.39 is 10.0 Å². The molecule has 0 saturated carbocycles. The molecule has 34 heavy (non-hydrogen) atoms. The van der Waals surface area contributed by atoms with Crippen LogP contribution in [0.3, 0.4) is 0 Å². The maximum Gasteiger partial charge on any atom is 0.344 e. The fraction of sp³-hybridized carbons (Fsp3) is 0.409. The van der Waals surface area contributed by atoms with E-state index in [1.807, 2.05) is 11.4 Å². The van der Waals surface area contributed by atoms with Crippen LogP contribution in [0.5, 0.6) is 0 Å². The van der Waals surface area contributed by atoms with Crippen molar-refractivity contribution in [3.05, 3.63) is 52.8 Å². The standard InChI is InChI=1S/C22H25ClN6O3S2/c1-34(31,32)26-18-11-25-29(13-18)21(30)28-8-5-22(15-28)4-7-27(14-22)12-17-3-2-16(10-19(17)23)20-24-6-9-33-20/h2-3,6,9-11,13,26H,4-5,7-8,12,14-15H2,1H3. The number of nitrogens with zero attached hydrogens (tertiary/aromatic N) is 5. The lowest BCUT2D eigenvalue weighted by Gasteiger charge is -2.25. The van der Waals surface area contributed by atoms with Gasteiger partial charge in [0.05, 0.1) is 24.3 Å². The molecular weight excluding hydrogens is 496 g/mol. The Bertz CT molecular complexity index is 1310. The van der Waals surface area contributed by atoms with Crippen molar-refractivity contribution in [3.63, 3.8) is 0 Å². The van der Waals surface area contributed by atoms with Crippen LogP contribution in [-0.2, 0) is 16.6 Å². The first-order chi connectivity index (χ1) is 16.2. The number of hydrogen-bond donors (Lipinski definition) is 1. The van der Waals surface area contributed by atoms with E-state index >= 15 is 0 Å². The van der Waals surface area contributed by atoms with Crippen molar-refractivity contribution in [2.75, 3.05) is 37.2 Å². The Hall–Kier alpha value is -2.47. The van der Waals surface area contributed by atoms with Crippen LogP contribution in [0, 0.1) is 5.41 Å². The summed E-state index contributed by atoms with van der Waals surface area (Å²) < 4.78 is 26.3. The predicted octanol–water partition coefficient (Wildman–Crippen LogP) is 3.60. The molecule has 4 heterocycles. The van der Waals surface area contributed by atoms with E-state index in [-0.39, 0.29) is 17.1 Å². The summed E-state index contributed by atoms with van der Waals surface area (Å²) in [4.78, 5) is 21.5. The highest BCUT2D eigenvalue weighted by molar-refractivity contribution is 7.92. The number of likely N-dealkylation sites (tertiary alicyclic amines) is 2. The monoisotopic (exact) mass is 520 g/mol. The minimum absolute atomic E-state index is 0.0595. The van der Waals surface area contributed by atoms with Gasteiger partial charge < -0.3 is 4.90 Å². The number of benzene rings is 1. The highest BCUT2D eigenvalue weighted by atomic mass is 35.5. The number of carbonyl (C=O) groups excluding carboxylic acids is 1. The highest BCUT2D eigenvalue weighted by Gasteiger charge is 2.45. The van der Waals surface area contributed by atoms with Crippen molar-refractivity contribution in [1.82, 2.24) is 24.6 Å². The van der Waals surface area contributed by atoms with Gasteiger partial charge in [-0.25, -0.2) is 18.2 Å². The molecule has 1 N–H and O–H groups in total. The van der Waals surface area contributed by atoms with Gasteiger partial charge in [0.15, 0.2) is 0 Å². The summed E-state index contributed by atoms with van der Waals surface area (Å²) in [6, 6.07) is 5.89. The third kappa shape index (κ3) is 4.97. The maximum absolute atomic E-state index is 12.9. The lowest BCUT2D eigenvalue weighted by atomic mass is 9.86. The van der Waals surface area contributed by atoms with E-state index in [0.29, 0.717) is 13.1 Å². The van der Waals surface area contributed by atoms with Gasteiger partial charge in [-0.3, -0.25) is 9.62 Å². The molecule has 1 spiro atoms. The zero-order chi connectivity index (χ0) is 23.9. The molecule has 1 aromatic carbocycles. The first-order valence-corrected chi connectivity index (χ1v) is 14.1. The molecule has 1 amide bonds. The van der Waals surface area contributed by atoms with Crippen molar-refractivity contribution in [3.8, 4) is 10.6 Å². The number of aromatic nitrogens is 3. The second kappa shape index (κ2) is 8.95. The number of halogens is 1. The van der Waals surface area contributed by atoms with Gasteiger partial charge in [-0.05, 0) is 31.0 Å². The van der Waals surface area contributed by atoms with Crippen molar-refractivity contribution in [1.29, 1.82) is 0 Å². The number of rotatable bonds is 5. The van der Waals surface area contributed by atoms with E-state index in [1.165, 1.54) is 17.1 Å². The predicted molar refractivity (Wildman–Crippen MR) is 133 cm³/mol. The number of anilines is 1. The molecule has 12 heteroatoms. The zero-order valence-electron chi connectivity index (χ0n) is 18.6. The van der Waals surface area contributed by atoms with Gasteiger partial charge in [0.2, 0.25) is 10.0 Å². The van der Waals surface area contributed by atoms with E-state index in [0.717, 1.165) is 59.9 Å². The van der Waals surface area contributed by atoms with E-state index in [2.05, 4.69) is 31.8 Å². The van der Waals surface area contributed by atoms with E-state index in [9.17, 15) is 13.2 Å². The first-order valence-electron chi connectivity index (χ1n) is 10.9. The van der Waals surface area contributed by atoms with E-state index in [4.69, 9.17) is 11.6 Å². The molecule has 5 rings (SSSR count). The van der Waals surface area contributed by atoms with Gasteiger partial charge in [-0.1, -0.05) is 23.7 Å². The number of carbonyl (C=O) groups is 1. The third-order valence-corrected chi connectivity index (χ3v) is 8.21. The molecule has 2 aliphatic heterocycles. The Kier molecular flexibility index (Phi) is 6.13. The largest absolute Gasteiger partial charge is 0.344 e. The molecule has 2 fully saturated rings. The first kappa shape index (κ1) is 23.3. The third-order valence-electron chi connectivity index (χ3n) is 6.43. The molecule has 1 unspecified atom stereocenters. The van der Waals surface area contributed by atoms with E-state index in [1.54, 1.807) is 22.4 Å². The van der Waals surface area contributed by atoms with Crippen molar-refractivity contribution in [2.45, 2.75) is 19.4 Å². The number of nitrogens with one attached hydrogen (secondary N) is 1. The zero-order valence-corrected chi connectivity index (χ0v) is 21.0. The number of amides is 1. The molecule has 0 aliphatic carbocycles. The second-order valence-electron chi connectivity index (χ2n) is 9.11. The topological polar surface area (TPSA) is 100 Å². The molecule has 2 aliphatic rings. The summed E-state index contributed by atoms with van der Waals surface area (Å²) >= 11 is 8.19. The second-order valence-corrected chi connectivity index (χ2v) is 12.2. The maximum atomic E-state index is 12.9. The number of hydrogen-bond acceptors (Lipinski definition) is 7. The Morgan fingerprint density at radius 2 is 2.09 bits per heavy atom. The van der Waals surface area contributed by atoms with Gasteiger partial charge in [-0.15, -0.1) is 11.3 Å². The quantitative estimate of drug-likeness (QED) is 0.551. The van der Waals surface area contributed by atoms with Crippen LogP contribution in [0.1, 0.15) is 18.4 Å². The van der Waals surface area contributed by atoms with Crippen LogP contribution >= 0.6 is 22.9 Å². The summed E-state index contributed by atoms with van der Waals surface area (Å²) in [6.45, 7) is 3.95. The fourth-order valence-electron chi connectivity index (χ4n) is 4.85. The van der Waals surface area contributed by atoms with Crippen LogP contribution in [0.25, 0.3) is 10.6 Å². The van der Waals surface area contributed by atoms with Crippen LogP contribution in [-0.4, -0.2) is 71.4 Å². The van der Waals surface area contributed by atoms with Gasteiger partial charge in [0.25, 0.3) is 0 Å². The van der Waals surface area contributed by atoms with Crippen LogP contribution in [0.4, 0.5) is 10.5 Å². The molecule has 2 saturated heterocycles. The minimum atomic E-state index is -3.42. The number of thiazole rings is 1. The molecule has 9 nitrogen and oxygen atoms in total. The SMILES string of the molecule is CS(=O)(=O)Nc1cnn(C(=O)N2CCC3(CCN(Cc4ccc(-c5nccs5)cc4Cl)C3)C2)c1. The molecule has 180 valence electrons. The summed E-state index contributed by atoms with van der Waals surface area (Å²) in [7, 11) is -3.42. The van der Waals surface area contributed by atoms with Crippen molar-refractivity contribution >= 4 is 44.7 Å². The average molecular weight is 521 g/mol. The molecular formula is C22H25ClN6O3S2.